The maximum absolute atomic E-state index is 12.0. The molecule has 0 saturated carbocycles. The van der Waals surface area contributed by atoms with E-state index in [2.05, 4.69) is 37.4 Å². The van der Waals surface area contributed by atoms with Crippen LogP contribution in [0.5, 0.6) is 0 Å². The molecule has 0 amide bonds. The molecule has 1 aromatic carbocycles. The second kappa shape index (κ2) is 5.43. The number of Topliss-reactive ketones (excluding diaryl/α,β-unsaturated/α-hetero) is 1. The highest BCUT2D eigenvalue weighted by atomic mass is 16.5. The number of benzene rings is 1. The quantitative estimate of drug-likeness (QED) is 0.857. The summed E-state index contributed by atoms with van der Waals surface area (Å²) < 4.78 is 5.46. The van der Waals surface area contributed by atoms with Gasteiger partial charge in [0.15, 0.2) is 5.78 Å². The Morgan fingerprint density at radius 3 is 2.65 bits per heavy atom. The molecule has 0 spiro atoms. The number of rotatable bonds is 3. The highest BCUT2D eigenvalue weighted by molar-refractivity contribution is 5.85. The Labute approximate surface area is 102 Å². The summed E-state index contributed by atoms with van der Waals surface area (Å²) in [4.78, 5) is 12.0. The van der Waals surface area contributed by atoms with Gasteiger partial charge in [-0.3, -0.25) is 4.79 Å². The van der Waals surface area contributed by atoms with Gasteiger partial charge in [-0.2, -0.15) is 0 Å². The molecule has 1 heterocycles. The van der Waals surface area contributed by atoms with E-state index in [1.165, 1.54) is 11.1 Å². The van der Waals surface area contributed by atoms with Gasteiger partial charge in [-0.05, 0) is 19.4 Å². The van der Waals surface area contributed by atoms with Crippen molar-refractivity contribution in [2.24, 2.45) is 0 Å². The van der Waals surface area contributed by atoms with Gasteiger partial charge in [0.1, 0.15) is 6.10 Å². The SMILES string of the molecule is Cc1cc(C)cc(CC(=O)C2CNCCO2)c1. The van der Waals surface area contributed by atoms with E-state index in [-0.39, 0.29) is 11.9 Å². The lowest BCUT2D eigenvalue weighted by Crippen LogP contribution is -2.43. The van der Waals surface area contributed by atoms with E-state index in [0.29, 0.717) is 19.6 Å². The van der Waals surface area contributed by atoms with Crippen molar-refractivity contribution >= 4 is 5.78 Å². The minimum absolute atomic E-state index is 0.169. The molecule has 0 radical (unpaired) electrons. The molecule has 1 atom stereocenters. The third kappa shape index (κ3) is 3.38. The van der Waals surface area contributed by atoms with Gasteiger partial charge in [0, 0.05) is 19.5 Å². The molecule has 3 nitrogen and oxygen atoms in total. The Hall–Kier alpha value is -1.19. The molecule has 1 aromatic rings. The fourth-order valence-electron chi connectivity index (χ4n) is 2.26. The number of hydrogen-bond donors (Lipinski definition) is 1. The monoisotopic (exact) mass is 233 g/mol. The minimum Gasteiger partial charge on any atom is -0.368 e. The predicted molar refractivity (Wildman–Crippen MR) is 67.2 cm³/mol. The molecule has 1 N–H and O–H groups in total. The summed E-state index contributed by atoms with van der Waals surface area (Å²) in [6, 6.07) is 6.26. The van der Waals surface area contributed by atoms with Crippen LogP contribution in [-0.2, 0) is 16.0 Å². The third-order valence-electron chi connectivity index (χ3n) is 2.95. The molecule has 1 saturated heterocycles. The fourth-order valence-corrected chi connectivity index (χ4v) is 2.26. The first kappa shape index (κ1) is 12.3. The number of carbonyl (C=O) groups excluding carboxylic acids is 1. The maximum atomic E-state index is 12.0. The Balaban J connectivity index is 2.01. The second-order valence-electron chi connectivity index (χ2n) is 4.70. The summed E-state index contributed by atoms with van der Waals surface area (Å²) >= 11 is 0. The average molecular weight is 233 g/mol. The zero-order valence-corrected chi connectivity index (χ0v) is 10.5. The topological polar surface area (TPSA) is 38.3 Å². The van der Waals surface area contributed by atoms with E-state index in [9.17, 15) is 4.79 Å². The first-order valence-corrected chi connectivity index (χ1v) is 6.07. The Morgan fingerprint density at radius 2 is 2.06 bits per heavy atom. The summed E-state index contributed by atoms with van der Waals surface area (Å²) in [5.41, 5.74) is 3.49. The zero-order chi connectivity index (χ0) is 12.3. The Morgan fingerprint density at radius 1 is 1.35 bits per heavy atom. The molecular formula is C14H19NO2. The van der Waals surface area contributed by atoms with Crippen molar-refractivity contribution in [3.63, 3.8) is 0 Å². The number of nitrogens with one attached hydrogen (secondary N) is 1. The van der Waals surface area contributed by atoms with Crippen molar-refractivity contribution in [1.82, 2.24) is 5.32 Å². The summed E-state index contributed by atoms with van der Waals surface area (Å²) in [5, 5.41) is 3.18. The third-order valence-corrected chi connectivity index (χ3v) is 2.95. The minimum atomic E-state index is -0.274. The Bertz CT molecular complexity index is 388. The van der Waals surface area contributed by atoms with E-state index in [0.717, 1.165) is 12.1 Å². The van der Waals surface area contributed by atoms with Crippen molar-refractivity contribution in [2.45, 2.75) is 26.4 Å². The lowest BCUT2D eigenvalue weighted by Gasteiger charge is -2.22. The number of ketones is 1. The molecule has 1 fully saturated rings. The predicted octanol–water partition coefficient (Wildman–Crippen LogP) is 1.40. The van der Waals surface area contributed by atoms with Crippen LogP contribution in [0.4, 0.5) is 0 Å². The van der Waals surface area contributed by atoms with Crippen molar-refractivity contribution < 1.29 is 9.53 Å². The molecule has 92 valence electrons. The standard InChI is InChI=1S/C14H19NO2/c1-10-5-11(2)7-12(6-10)8-13(16)14-9-15-3-4-17-14/h5-7,14-15H,3-4,8-9H2,1-2H3. The van der Waals surface area contributed by atoms with Crippen LogP contribution in [-0.4, -0.2) is 31.6 Å². The maximum Gasteiger partial charge on any atom is 0.167 e. The van der Waals surface area contributed by atoms with Gasteiger partial charge in [-0.25, -0.2) is 0 Å². The molecule has 0 aromatic heterocycles. The first-order chi connectivity index (χ1) is 8.15. The van der Waals surface area contributed by atoms with Crippen LogP contribution in [0.2, 0.25) is 0 Å². The van der Waals surface area contributed by atoms with Crippen LogP contribution in [0.3, 0.4) is 0 Å². The van der Waals surface area contributed by atoms with Crippen LogP contribution < -0.4 is 5.32 Å². The lowest BCUT2D eigenvalue weighted by molar-refractivity contribution is -0.131. The molecule has 0 bridgehead atoms. The second-order valence-corrected chi connectivity index (χ2v) is 4.70. The van der Waals surface area contributed by atoms with Gasteiger partial charge in [0.05, 0.1) is 6.61 Å². The largest absolute Gasteiger partial charge is 0.368 e. The van der Waals surface area contributed by atoms with E-state index in [4.69, 9.17) is 4.74 Å². The molecule has 1 unspecified atom stereocenters. The molecule has 0 aliphatic carbocycles. The van der Waals surface area contributed by atoms with Crippen LogP contribution >= 0.6 is 0 Å². The van der Waals surface area contributed by atoms with Crippen LogP contribution in [0.1, 0.15) is 16.7 Å². The van der Waals surface area contributed by atoms with E-state index >= 15 is 0 Å². The number of aryl methyl sites for hydroxylation is 2. The molecular weight excluding hydrogens is 214 g/mol. The van der Waals surface area contributed by atoms with Gasteiger partial charge >= 0.3 is 0 Å². The molecule has 1 aliphatic heterocycles. The van der Waals surface area contributed by atoms with Gasteiger partial charge in [0.2, 0.25) is 0 Å². The van der Waals surface area contributed by atoms with Crippen molar-refractivity contribution in [2.75, 3.05) is 19.7 Å². The Kier molecular flexibility index (Phi) is 3.92. The number of carbonyl (C=O) groups is 1. The van der Waals surface area contributed by atoms with E-state index < -0.39 is 0 Å². The van der Waals surface area contributed by atoms with E-state index in [1.54, 1.807) is 0 Å². The zero-order valence-electron chi connectivity index (χ0n) is 10.5. The van der Waals surface area contributed by atoms with Gasteiger partial charge in [0.25, 0.3) is 0 Å². The van der Waals surface area contributed by atoms with Crippen LogP contribution in [0.25, 0.3) is 0 Å². The fraction of sp³-hybridized carbons (Fsp3) is 0.500. The highest BCUT2D eigenvalue weighted by Gasteiger charge is 2.21. The highest BCUT2D eigenvalue weighted by Crippen LogP contribution is 2.11. The van der Waals surface area contributed by atoms with Crippen LogP contribution in [0, 0.1) is 13.8 Å². The number of morpholine rings is 1. The average Bonchev–Trinajstić information content (AvgIpc) is 2.28. The summed E-state index contributed by atoms with van der Waals surface area (Å²) in [6.45, 7) is 6.22. The van der Waals surface area contributed by atoms with Crippen molar-refractivity contribution in [3.8, 4) is 0 Å². The summed E-state index contributed by atoms with van der Waals surface area (Å²) in [7, 11) is 0. The molecule has 17 heavy (non-hydrogen) atoms. The van der Waals surface area contributed by atoms with Gasteiger partial charge < -0.3 is 10.1 Å². The lowest BCUT2D eigenvalue weighted by atomic mass is 10.0. The molecule has 3 heteroatoms. The van der Waals surface area contributed by atoms with Gasteiger partial charge in [-0.15, -0.1) is 0 Å². The molecule has 2 rings (SSSR count). The van der Waals surface area contributed by atoms with Crippen molar-refractivity contribution in [1.29, 1.82) is 0 Å². The number of hydrogen-bond acceptors (Lipinski definition) is 3. The van der Waals surface area contributed by atoms with Crippen molar-refractivity contribution in [3.05, 3.63) is 34.9 Å². The summed E-state index contributed by atoms with van der Waals surface area (Å²) in [6.07, 6.45) is 0.194. The van der Waals surface area contributed by atoms with Crippen LogP contribution in [0.15, 0.2) is 18.2 Å². The normalized spacial score (nSPS) is 20.2. The smallest absolute Gasteiger partial charge is 0.167 e. The molecule has 1 aliphatic rings. The van der Waals surface area contributed by atoms with Gasteiger partial charge in [-0.1, -0.05) is 29.3 Å². The van der Waals surface area contributed by atoms with E-state index in [1.807, 2.05) is 0 Å². The first-order valence-electron chi connectivity index (χ1n) is 6.07. The summed E-state index contributed by atoms with van der Waals surface area (Å²) in [5.74, 6) is 0.169. The number of ether oxygens (including phenoxy) is 1.